The number of likely N-dealkylation sites (tertiary alicyclic amines) is 2. The van der Waals surface area contributed by atoms with Crippen molar-refractivity contribution in [1.29, 1.82) is 0 Å². The number of nitrogens with one attached hydrogen (secondary N) is 1. The quantitative estimate of drug-likeness (QED) is 0.745. The Morgan fingerprint density at radius 1 is 1.00 bits per heavy atom. The van der Waals surface area contributed by atoms with Gasteiger partial charge in [0.2, 0.25) is 0 Å². The summed E-state index contributed by atoms with van der Waals surface area (Å²) in [6, 6.07) is 0.0665. The van der Waals surface area contributed by atoms with Crippen LogP contribution in [0, 0.1) is 11.8 Å². The minimum atomic E-state index is -0.481. The van der Waals surface area contributed by atoms with Gasteiger partial charge in [0, 0.05) is 51.0 Å². The Labute approximate surface area is 152 Å². The summed E-state index contributed by atoms with van der Waals surface area (Å²) in [4.78, 5) is 30.7. The lowest BCUT2D eigenvalue weighted by Gasteiger charge is -2.31. The number of fused-ring (bicyclic) bond motifs is 2. The molecule has 26 heavy (non-hydrogen) atoms. The van der Waals surface area contributed by atoms with Crippen molar-refractivity contribution in [3.05, 3.63) is 11.4 Å². The lowest BCUT2D eigenvalue weighted by Crippen LogP contribution is -2.45. The molecule has 0 spiro atoms. The first-order valence-electron chi connectivity index (χ1n) is 9.20. The molecule has 0 bridgehead atoms. The first kappa shape index (κ1) is 17.1. The summed E-state index contributed by atoms with van der Waals surface area (Å²) >= 11 is 0. The number of ether oxygens (including phenoxy) is 1. The number of hydrogen-bond acceptors (Lipinski definition) is 5. The van der Waals surface area contributed by atoms with Gasteiger partial charge in [0.25, 0.3) is 0 Å². The van der Waals surface area contributed by atoms with Gasteiger partial charge in [-0.1, -0.05) is 0 Å². The zero-order valence-corrected chi connectivity index (χ0v) is 15.6. The largest absolute Gasteiger partial charge is 0.444 e. The van der Waals surface area contributed by atoms with Gasteiger partial charge < -0.3 is 19.4 Å². The van der Waals surface area contributed by atoms with Crippen LogP contribution in [-0.2, 0) is 17.7 Å². The molecule has 4 rings (SSSR count). The maximum absolute atomic E-state index is 12.9. The number of H-pyrrole nitrogens is 1. The van der Waals surface area contributed by atoms with Gasteiger partial charge in [0.05, 0.1) is 12.2 Å². The van der Waals surface area contributed by atoms with E-state index in [4.69, 9.17) is 4.74 Å². The zero-order chi connectivity index (χ0) is 18.5. The standard InChI is InChI=1S/C17H26N6O3/c1-17(2,3)26-16(25)23-8-11-6-22(7-12(11)9-23)15(24)21-5-4-13-14(10-21)19-20-18-13/h11-12H,4-10H2,1-3H3,(H,18,19,20)/t11-,12-/m0/s1. The fourth-order valence-electron chi connectivity index (χ4n) is 4.09. The first-order valence-corrected chi connectivity index (χ1v) is 9.20. The molecule has 2 saturated heterocycles. The lowest BCUT2D eigenvalue weighted by atomic mass is 10.0. The number of aromatic nitrogens is 3. The molecule has 0 radical (unpaired) electrons. The van der Waals surface area contributed by atoms with Crippen LogP contribution in [0.25, 0.3) is 0 Å². The number of rotatable bonds is 0. The van der Waals surface area contributed by atoms with E-state index in [0.29, 0.717) is 51.1 Å². The highest BCUT2D eigenvalue weighted by molar-refractivity contribution is 5.75. The van der Waals surface area contributed by atoms with Crippen molar-refractivity contribution in [3.63, 3.8) is 0 Å². The molecule has 1 N–H and O–H groups in total. The highest BCUT2D eigenvalue weighted by atomic mass is 16.6. The van der Waals surface area contributed by atoms with Crippen LogP contribution in [0.5, 0.6) is 0 Å². The number of carbonyl (C=O) groups is 2. The molecule has 1 aromatic rings. The molecule has 9 heteroatoms. The van der Waals surface area contributed by atoms with Gasteiger partial charge in [0.1, 0.15) is 11.3 Å². The SMILES string of the molecule is CC(C)(C)OC(=O)N1C[C@@H]2CN(C(=O)N3CCc4n[nH]nc4C3)C[C@H]2C1. The number of urea groups is 1. The summed E-state index contributed by atoms with van der Waals surface area (Å²) in [7, 11) is 0. The minimum absolute atomic E-state index is 0.0665. The van der Waals surface area contributed by atoms with E-state index in [1.54, 1.807) is 4.90 Å². The molecule has 2 atom stereocenters. The summed E-state index contributed by atoms with van der Waals surface area (Å²) in [6.45, 7) is 9.54. The Morgan fingerprint density at radius 2 is 1.62 bits per heavy atom. The van der Waals surface area contributed by atoms with E-state index in [9.17, 15) is 9.59 Å². The monoisotopic (exact) mass is 362 g/mol. The molecule has 4 heterocycles. The summed E-state index contributed by atoms with van der Waals surface area (Å²) in [5.41, 5.74) is 1.34. The topological polar surface area (TPSA) is 94.7 Å². The van der Waals surface area contributed by atoms with E-state index in [0.717, 1.165) is 17.8 Å². The van der Waals surface area contributed by atoms with Crippen LogP contribution in [0.2, 0.25) is 0 Å². The van der Waals surface area contributed by atoms with Crippen LogP contribution < -0.4 is 0 Å². The molecule has 3 aliphatic rings. The van der Waals surface area contributed by atoms with Gasteiger partial charge in [-0.25, -0.2) is 9.59 Å². The second kappa shape index (κ2) is 6.14. The first-order chi connectivity index (χ1) is 12.3. The summed E-state index contributed by atoms with van der Waals surface area (Å²) in [6.07, 6.45) is 0.490. The Bertz CT molecular complexity index is 698. The summed E-state index contributed by atoms with van der Waals surface area (Å²) < 4.78 is 5.46. The van der Waals surface area contributed by atoms with Crippen LogP contribution in [0.4, 0.5) is 9.59 Å². The number of hydrogen-bond donors (Lipinski definition) is 1. The van der Waals surface area contributed by atoms with E-state index in [-0.39, 0.29) is 12.1 Å². The molecule has 0 unspecified atom stereocenters. The molecular weight excluding hydrogens is 336 g/mol. The fraction of sp³-hybridized carbons (Fsp3) is 0.765. The van der Waals surface area contributed by atoms with Crippen LogP contribution in [0.1, 0.15) is 32.2 Å². The predicted molar refractivity (Wildman–Crippen MR) is 92.3 cm³/mol. The molecule has 9 nitrogen and oxygen atoms in total. The van der Waals surface area contributed by atoms with Crippen LogP contribution >= 0.6 is 0 Å². The third kappa shape index (κ3) is 3.22. The molecular formula is C17H26N6O3. The smallest absolute Gasteiger partial charge is 0.410 e. The van der Waals surface area contributed by atoms with Gasteiger partial charge in [0.15, 0.2) is 0 Å². The van der Waals surface area contributed by atoms with E-state index < -0.39 is 5.60 Å². The minimum Gasteiger partial charge on any atom is -0.444 e. The van der Waals surface area contributed by atoms with Crippen LogP contribution in [0.15, 0.2) is 0 Å². The third-order valence-corrected chi connectivity index (χ3v) is 5.34. The normalized spacial score (nSPS) is 25.3. The maximum Gasteiger partial charge on any atom is 0.410 e. The van der Waals surface area contributed by atoms with E-state index in [2.05, 4.69) is 15.4 Å². The van der Waals surface area contributed by atoms with Crippen molar-refractivity contribution in [2.75, 3.05) is 32.7 Å². The maximum atomic E-state index is 12.9. The number of nitrogens with zero attached hydrogens (tertiary/aromatic N) is 5. The van der Waals surface area contributed by atoms with Gasteiger partial charge in [-0.3, -0.25) is 0 Å². The van der Waals surface area contributed by atoms with E-state index in [1.165, 1.54) is 0 Å². The molecule has 3 amide bonds. The Morgan fingerprint density at radius 3 is 2.27 bits per heavy atom. The molecule has 1 aromatic heterocycles. The second-order valence-corrected chi connectivity index (χ2v) is 8.48. The highest BCUT2D eigenvalue weighted by Crippen LogP contribution is 2.33. The molecule has 0 saturated carbocycles. The fourth-order valence-corrected chi connectivity index (χ4v) is 4.09. The van der Waals surface area contributed by atoms with Crippen molar-refractivity contribution >= 4 is 12.1 Å². The average Bonchev–Trinajstić information content (AvgIpc) is 3.25. The Kier molecular flexibility index (Phi) is 4.04. The van der Waals surface area contributed by atoms with E-state index in [1.807, 2.05) is 30.6 Å². The van der Waals surface area contributed by atoms with E-state index >= 15 is 0 Å². The summed E-state index contributed by atoms with van der Waals surface area (Å²) in [5, 5.41) is 10.9. The van der Waals surface area contributed by atoms with Crippen molar-refractivity contribution in [2.24, 2.45) is 11.8 Å². The van der Waals surface area contributed by atoms with Gasteiger partial charge in [-0.05, 0) is 20.8 Å². The van der Waals surface area contributed by atoms with Gasteiger partial charge in [-0.15, -0.1) is 0 Å². The highest BCUT2D eigenvalue weighted by Gasteiger charge is 2.45. The lowest BCUT2D eigenvalue weighted by molar-refractivity contribution is 0.0276. The van der Waals surface area contributed by atoms with Crippen LogP contribution in [0.3, 0.4) is 0 Å². The zero-order valence-electron chi connectivity index (χ0n) is 15.6. The van der Waals surface area contributed by atoms with Gasteiger partial charge >= 0.3 is 12.1 Å². The molecule has 142 valence electrons. The molecule has 2 fully saturated rings. The second-order valence-electron chi connectivity index (χ2n) is 8.48. The Hall–Kier alpha value is -2.32. The molecule has 0 aliphatic carbocycles. The molecule has 3 aliphatic heterocycles. The van der Waals surface area contributed by atoms with Crippen molar-refractivity contribution in [1.82, 2.24) is 30.1 Å². The Balaban J connectivity index is 1.32. The van der Waals surface area contributed by atoms with Crippen LogP contribution in [-0.4, -0.2) is 80.6 Å². The summed E-state index contributed by atoms with van der Waals surface area (Å²) in [5.74, 6) is 0.665. The number of carbonyl (C=O) groups excluding carboxylic acids is 2. The average molecular weight is 362 g/mol. The van der Waals surface area contributed by atoms with Crippen molar-refractivity contribution in [2.45, 2.75) is 39.3 Å². The molecule has 0 aromatic carbocycles. The van der Waals surface area contributed by atoms with Gasteiger partial charge in [-0.2, -0.15) is 15.4 Å². The third-order valence-electron chi connectivity index (χ3n) is 5.34. The van der Waals surface area contributed by atoms with Crippen molar-refractivity contribution < 1.29 is 14.3 Å². The predicted octanol–water partition coefficient (Wildman–Crippen LogP) is 1.08. The number of amides is 3. The number of aromatic amines is 1. The van der Waals surface area contributed by atoms with Crippen molar-refractivity contribution in [3.8, 4) is 0 Å².